The number of aryl methyl sites for hydroxylation is 1. The molecule has 0 saturated carbocycles. The molecule has 0 atom stereocenters. The average Bonchev–Trinajstić information content (AvgIpc) is 2.94. The first kappa shape index (κ1) is 15.5. The van der Waals surface area contributed by atoms with Gasteiger partial charge in [-0.25, -0.2) is 4.39 Å². The molecule has 0 bridgehead atoms. The molecule has 0 spiro atoms. The molecule has 0 fully saturated rings. The summed E-state index contributed by atoms with van der Waals surface area (Å²) in [6.45, 7) is 0.795. The third kappa shape index (κ3) is 3.82. The summed E-state index contributed by atoms with van der Waals surface area (Å²) in [6, 6.07) is 8.17. The number of nitriles is 1. The monoisotopic (exact) mass is 300 g/mol. The Hall–Kier alpha value is -2.88. The number of halogens is 1. The molecule has 1 aromatic carbocycles. The van der Waals surface area contributed by atoms with E-state index in [0.29, 0.717) is 23.6 Å². The van der Waals surface area contributed by atoms with Crippen LogP contribution in [0, 0.1) is 17.1 Å². The number of hydrogen-bond donors (Lipinski definition) is 2. The Morgan fingerprint density at radius 1 is 1.36 bits per heavy atom. The molecule has 2 N–H and O–H groups in total. The molecule has 1 heterocycles. The summed E-state index contributed by atoms with van der Waals surface area (Å²) in [5.41, 5.74) is 1.85. The van der Waals surface area contributed by atoms with Crippen LogP contribution in [0.25, 0.3) is 0 Å². The number of benzene rings is 1. The zero-order valence-electron chi connectivity index (χ0n) is 12.5. The highest BCUT2D eigenvalue weighted by atomic mass is 19.1. The molecular formula is C15H17FN6. The molecular weight excluding hydrogens is 283 g/mol. The Labute approximate surface area is 128 Å². The Morgan fingerprint density at radius 2 is 2.14 bits per heavy atom. The van der Waals surface area contributed by atoms with Gasteiger partial charge in [-0.05, 0) is 24.3 Å². The van der Waals surface area contributed by atoms with Crippen molar-refractivity contribution in [1.82, 2.24) is 20.4 Å². The maximum absolute atomic E-state index is 13.7. The number of hydrogen-bond acceptors (Lipinski definition) is 3. The Morgan fingerprint density at radius 3 is 2.77 bits per heavy atom. The fourth-order valence-electron chi connectivity index (χ4n) is 1.93. The summed E-state index contributed by atoms with van der Waals surface area (Å²) >= 11 is 0. The molecule has 0 aliphatic heterocycles. The van der Waals surface area contributed by atoms with Gasteiger partial charge in [0, 0.05) is 32.4 Å². The summed E-state index contributed by atoms with van der Waals surface area (Å²) in [4.78, 5) is 4.08. The van der Waals surface area contributed by atoms with E-state index in [1.807, 2.05) is 19.2 Å². The van der Waals surface area contributed by atoms with Crippen molar-refractivity contribution in [3.63, 3.8) is 0 Å². The highest BCUT2D eigenvalue weighted by molar-refractivity contribution is 5.79. The predicted octanol–water partition coefficient (Wildman–Crippen LogP) is 1.30. The van der Waals surface area contributed by atoms with Crippen LogP contribution in [0.5, 0.6) is 0 Å². The van der Waals surface area contributed by atoms with Crippen molar-refractivity contribution < 1.29 is 4.39 Å². The summed E-state index contributed by atoms with van der Waals surface area (Å²) in [7, 11) is 3.50. The van der Waals surface area contributed by atoms with E-state index in [2.05, 4.69) is 20.7 Å². The smallest absolute Gasteiger partial charge is 0.191 e. The van der Waals surface area contributed by atoms with Gasteiger partial charge in [0.25, 0.3) is 0 Å². The number of aliphatic imine (C=N–C) groups is 1. The Bertz CT molecular complexity index is 713. The van der Waals surface area contributed by atoms with E-state index in [-0.39, 0.29) is 12.4 Å². The van der Waals surface area contributed by atoms with Gasteiger partial charge < -0.3 is 10.6 Å². The van der Waals surface area contributed by atoms with E-state index in [1.54, 1.807) is 17.9 Å². The van der Waals surface area contributed by atoms with Crippen LogP contribution in [0.1, 0.15) is 16.8 Å². The van der Waals surface area contributed by atoms with E-state index >= 15 is 0 Å². The number of guanidine groups is 1. The number of nitrogens with zero attached hydrogens (tertiary/aromatic N) is 4. The highest BCUT2D eigenvalue weighted by Gasteiger charge is 2.06. The van der Waals surface area contributed by atoms with Gasteiger partial charge in [-0.15, -0.1) is 0 Å². The van der Waals surface area contributed by atoms with Crippen LogP contribution in [0.15, 0.2) is 35.5 Å². The van der Waals surface area contributed by atoms with Crippen LogP contribution >= 0.6 is 0 Å². The number of nitrogens with one attached hydrogen (secondary N) is 2. The topological polar surface area (TPSA) is 78.0 Å². The highest BCUT2D eigenvalue weighted by Crippen LogP contribution is 2.09. The first-order chi connectivity index (χ1) is 10.6. The van der Waals surface area contributed by atoms with Crippen molar-refractivity contribution >= 4 is 5.96 Å². The second-order valence-corrected chi connectivity index (χ2v) is 4.64. The average molecular weight is 300 g/mol. The van der Waals surface area contributed by atoms with Gasteiger partial charge in [-0.2, -0.15) is 10.4 Å². The fraction of sp³-hybridized carbons (Fsp3) is 0.267. The molecule has 2 aromatic rings. The van der Waals surface area contributed by atoms with Gasteiger partial charge in [-0.3, -0.25) is 9.67 Å². The predicted molar refractivity (Wildman–Crippen MR) is 81.4 cm³/mol. The number of rotatable bonds is 4. The molecule has 0 radical (unpaired) electrons. The molecule has 1 aromatic heterocycles. The van der Waals surface area contributed by atoms with Crippen LogP contribution in [0.3, 0.4) is 0 Å². The molecule has 7 heteroatoms. The van der Waals surface area contributed by atoms with Gasteiger partial charge >= 0.3 is 0 Å². The van der Waals surface area contributed by atoms with Crippen molar-refractivity contribution in [2.75, 3.05) is 7.05 Å². The zero-order chi connectivity index (χ0) is 15.9. The van der Waals surface area contributed by atoms with Gasteiger partial charge in [-0.1, -0.05) is 0 Å². The lowest BCUT2D eigenvalue weighted by Crippen LogP contribution is -2.36. The van der Waals surface area contributed by atoms with E-state index in [4.69, 9.17) is 5.26 Å². The first-order valence-electron chi connectivity index (χ1n) is 6.74. The zero-order valence-corrected chi connectivity index (χ0v) is 12.5. The summed E-state index contributed by atoms with van der Waals surface area (Å²) < 4.78 is 15.5. The first-order valence-corrected chi connectivity index (χ1v) is 6.74. The van der Waals surface area contributed by atoms with E-state index in [9.17, 15) is 4.39 Å². The maximum Gasteiger partial charge on any atom is 0.191 e. The van der Waals surface area contributed by atoms with Crippen molar-refractivity contribution in [2.45, 2.75) is 13.1 Å². The van der Waals surface area contributed by atoms with Gasteiger partial charge in [0.15, 0.2) is 5.96 Å². The van der Waals surface area contributed by atoms with Crippen molar-refractivity contribution in [3.05, 3.63) is 53.1 Å². The Balaban J connectivity index is 1.94. The lowest BCUT2D eigenvalue weighted by Gasteiger charge is -2.12. The van der Waals surface area contributed by atoms with Crippen LogP contribution in [0.4, 0.5) is 4.39 Å². The molecule has 114 valence electrons. The maximum atomic E-state index is 13.7. The van der Waals surface area contributed by atoms with Gasteiger partial charge in [0.05, 0.1) is 23.9 Å². The van der Waals surface area contributed by atoms with E-state index in [0.717, 1.165) is 5.69 Å². The molecule has 6 nitrogen and oxygen atoms in total. The molecule has 0 saturated heterocycles. The molecule has 2 rings (SSSR count). The quantitative estimate of drug-likeness (QED) is 0.659. The molecule has 22 heavy (non-hydrogen) atoms. The summed E-state index contributed by atoms with van der Waals surface area (Å²) in [6.07, 6.45) is 1.72. The molecule has 0 amide bonds. The van der Waals surface area contributed by atoms with Crippen molar-refractivity contribution in [3.8, 4) is 6.07 Å². The lowest BCUT2D eigenvalue weighted by molar-refractivity contribution is 0.604. The van der Waals surface area contributed by atoms with Crippen LogP contribution in [-0.4, -0.2) is 22.8 Å². The van der Waals surface area contributed by atoms with Gasteiger partial charge in [0.2, 0.25) is 0 Å². The molecule has 0 aliphatic rings. The normalized spacial score (nSPS) is 11.1. The van der Waals surface area contributed by atoms with Crippen LogP contribution in [0.2, 0.25) is 0 Å². The molecule has 0 aliphatic carbocycles. The summed E-state index contributed by atoms with van der Waals surface area (Å²) in [5.74, 6) is 0.191. The van der Waals surface area contributed by atoms with Crippen LogP contribution < -0.4 is 10.6 Å². The van der Waals surface area contributed by atoms with E-state index < -0.39 is 0 Å². The van der Waals surface area contributed by atoms with Crippen LogP contribution in [-0.2, 0) is 20.1 Å². The minimum Gasteiger partial charge on any atom is -0.352 e. The minimum absolute atomic E-state index is 0.242. The van der Waals surface area contributed by atoms with Gasteiger partial charge in [0.1, 0.15) is 5.82 Å². The summed E-state index contributed by atoms with van der Waals surface area (Å²) in [5, 5.41) is 19.1. The van der Waals surface area contributed by atoms with Crippen molar-refractivity contribution in [1.29, 1.82) is 5.26 Å². The standard InChI is InChI=1S/C15H17FN6/c1-18-15(20-10-13-5-6-21-22(13)2)19-9-12-7-11(8-17)3-4-14(12)16/h3-7H,9-10H2,1-2H3,(H2,18,19,20). The van der Waals surface area contributed by atoms with Crippen molar-refractivity contribution in [2.24, 2.45) is 12.0 Å². The Kier molecular flexibility index (Phi) is 5.09. The fourth-order valence-corrected chi connectivity index (χ4v) is 1.93. The molecule has 0 unspecified atom stereocenters. The van der Waals surface area contributed by atoms with E-state index in [1.165, 1.54) is 18.2 Å². The minimum atomic E-state index is -0.353. The SMILES string of the molecule is CN=C(NCc1cc(C#N)ccc1F)NCc1ccnn1C. The lowest BCUT2D eigenvalue weighted by atomic mass is 10.1. The third-order valence-corrected chi connectivity index (χ3v) is 3.20. The largest absolute Gasteiger partial charge is 0.352 e. The number of aromatic nitrogens is 2. The second kappa shape index (κ2) is 7.22. The second-order valence-electron chi connectivity index (χ2n) is 4.64. The third-order valence-electron chi connectivity index (χ3n) is 3.20.